The van der Waals surface area contributed by atoms with E-state index in [4.69, 9.17) is 5.73 Å². The third-order valence-corrected chi connectivity index (χ3v) is 6.03. The van der Waals surface area contributed by atoms with Crippen LogP contribution in [0.15, 0.2) is 10.4 Å². The predicted octanol–water partition coefficient (Wildman–Crippen LogP) is 1.28. The van der Waals surface area contributed by atoms with Gasteiger partial charge in [-0.2, -0.15) is 0 Å². The Balaban J connectivity index is 2.15. The van der Waals surface area contributed by atoms with E-state index in [1.807, 2.05) is 6.92 Å². The molecule has 0 radical (unpaired) electrons. The van der Waals surface area contributed by atoms with E-state index in [0.29, 0.717) is 5.69 Å². The molecule has 0 aliphatic heterocycles. The Morgan fingerprint density at radius 3 is 2.61 bits per heavy atom. The summed E-state index contributed by atoms with van der Waals surface area (Å²) < 4.78 is 26.8. The molecule has 0 fully saturated rings. The number of nitrogen functional groups attached to an aromatic ring is 1. The van der Waals surface area contributed by atoms with Crippen molar-refractivity contribution in [2.24, 2.45) is 0 Å². The van der Waals surface area contributed by atoms with Gasteiger partial charge in [-0.25, -0.2) is 23.1 Å². The van der Waals surface area contributed by atoms with E-state index in [0.717, 1.165) is 21.2 Å². The first kappa shape index (κ1) is 13.4. The molecule has 0 saturated carbocycles. The minimum Gasteiger partial charge on any atom is -0.375 e. The van der Waals surface area contributed by atoms with Crippen molar-refractivity contribution >= 4 is 37.8 Å². The molecule has 0 spiro atoms. The maximum Gasteiger partial charge on any atom is 0.252 e. The number of hydrogen-bond acceptors (Lipinski definition) is 7. The lowest BCUT2D eigenvalue weighted by atomic mass is 10.6. The van der Waals surface area contributed by atoms with Crippen molar-refractivity contribution in [1.29, 1.82) is 0 Å². The van der Waals surface area contributed by atoms with Gasteiger partial charge in [-0.3, -0.25) is 0 Å². The van der Waals surface area contributed by atoms with Crippen molar-refractivity contribution in [3.05, 3.63) is 21.8 Å². The van der Waals surface area contributed by atoms with Gasteiger partial charge in [0.2, 0.25) is 0 Å². The summed E-state index contributed by atoms with van der Waals surface area (Å²) in [6.45, 7) is 3.72. The summed E-state index contributed by atoms with van der Waals surface area (Å²) in [5, 5.41) is 1.16. The van der Waals surface area contributed by atoms with Gasteiger partial charge in [0, 0.05) is 17.6 Å². The van der Waals surface area contributed by atoms with E-state index in [2.05, 4.69) is 14.7 Å². The molecule has 0 aliphatic rings. The lowest BCUT2D eigenvalue weighted by Gasteiger charge is -2.03. The monoisotopic (exact) mass is 304 g/mol. The Kier molecular flexibility index (Phi) is 3.66. The smallest absolute Gasteiger partial charge is 0.252 e. The fourth-order valence-electron chi connectivity index (χ4n) is 1.37. The number of hydrogen-bond donors (Lipinski definition) is 2. The lowest BCUT2D eigenvalue weighted by molar-refractivity contribution is 0.583. The van der Waals surface area contributed by atoms with Crippen molar-refractivity contribution in [3.63, 3.8) is 0 Å². The topological polar surface area (TPSA) is 98.0 Å². The number of nitrogens with two attached hydrogens (primary N) is 1. The van der Waals surface area contributed by atoms with Crippen molar-refractivity contribution in [2.75, 3.05) is 5.73 Å². The largest absolute Gasteiger partial charge is 0.375 e. The molecule has 2 rings (SSSR count). The van der Waals surface area contributed by atoms with Crippen LogP contribution in [0.1, 0.15) is 15.6 Å². The fourth-order valence-corrected chi connectivity index (χ4v) is 4.55. The van der Waals surface area contributed by atoms with Crippen LogP contribution in [0.2, 0.25) is 0 Å². The molecule has 2 aromatic heterocycles. The summed E-state index contributed by atoms with van der Waals surface area (Å²) in [7, 11) is -3.55. The molecule has 0 atom stereocenters. The number of sulfonamides is 1. The first-order chi connectivity index (χ1) is 8.38. The zero-order valence-electron chi connectivity index (χ0n) is 9.80. The average Bonchev–Trinajstić information content (AvgIpc) is 2.82. The summed E-state index contributed by atoms with van der Waals surface area (Å²) in [5.41, 5.74) is 5.92. The standard InChI is InChI=1S/C9H12N4O2S3/c1-5-8(17-9(10)13-5)18(14,15)12-4-7-3-11-6(2)16-7/h3,12H,4H2,1-2H3,(H2,10,13). The van der Waals surface area contributed by atoms with Crippen LogP contribution in [0, 0.1) is 13.8 Å². The highest BCUT2D eigenvalue weighted by molar-refractivity contribution is 7.91. The average molecular weight is 304 g/mol. The highest BCUT2D eigenvalue weighted by atomic mass is 32.2. The minimum atomic E-state index is -3.55. The van der Waals surface area contributed by atoms with Crippen LogP contribution in [0.4, 0.5) is 5.13 Å². The molecular weight excluding hydrogens is 292 g/mol. The molecule has 98 valence electrons. The van der Waals surface area contributed by atoms with Gasteiger partial charge >= 0.3 is 0 Å². The summed E-state index contributed by atoms with van der Waals surface area (Å²) in [4.78, 5) is 8.84. The van der Waals surface area contributed by atoms with Gasteiger partial charge < -0.3 is 5.73 Å². The van der Waals surface area contributed by atoms with E-state index in [1.165, 1.54) is 11.3 Å². The van der Waals surface area contributed by atoms with E-state index >= 15 is 0 Å². The van der Waals surface area contributed by atoms with Gasteiger partial charge in [0.25, 0.3) is 10.0 Å². The minimum absolute atomic E-state index is 0.168. The molecule has 0 bridgehead atoms. The van der Waals surface area contributed by atoms with Crippen LogP contribution in [0.5, 0.6) is 0 Å². The number of aryl methyl sites for hydroxylation is 2. The van der Waals surface area contributed by atoms with Crippen LogP contribution in [-0.2, 0) is 16.6 Å². The maximum absolute atomic E-state index is 12.0. The van der Waals surface area contributed by atoms with Crippen molar-refractivity contribution < 1.29 is 8.42 Å². The Hall–Kier alpha value is -1.03. The molecule has 3 N–H and O–H groups in total. The van der Waals surface area contributed by atoms with E-state index in [1.54, 1.807) is 13.1 Å². The second kappa shape index (κ2) is 4.92. The second-order valence-electron chi connectivity index (χ2n) is 3.60. The van der Waals surface area contributed by atoms with Crippen molar-refractivity contribution in [1.82, 2.24) is 14.7 Å². The number of anilines is 1. The third kappa shape index (κ3) is 2.86. The molecule has 2 heterocycles. The predicted molar refractivity (Wildman–Crippen MR) is 72.1 cm³/mol. The SMILES string of the molecule is Cc1ncc(CNS(=O)(=O)c2sc(N)nc2C)s1. The highest BCUT2D eigenvalue weighted by Gasteiger charge is 2.21. The molecule has 2 aromatic rings. The molecular formula is C9H12N4O2S3. The first-order valence-corrected chi connectivity index (χ1v) is 8.14. The number of aromatic nitrogens is 2. The normalized spacial score (nSPS) is 11.9. The van der Waals surface area contributed by atoms with Gasteiger partial charge in [0.05, 0.1) is 10.7 Å². The molecule has 0 saturated heterocycles. The number of thiazole rings is 2. The summed E-state index contributed by atoms with van der Waals surface area (Å²) in [6, 6.07) is 0. The van der Waals surface area contributed by atoms with Crippen LogP contribution in [0.25, 0.3) is 0 Å². The zero-order valence-corrected chi connectivity index (χ0v) is 12.2. The molecule has 0 aromatic carbocycles. The Morgan fingerprint density at radius 2 is 2.11 bits per heavy atom. The summed E-state index contributed by atoms with van der Waals surface area (Å²) >= 11 is 2.42. The van der Waals surface area contributed by atoms with E-state index in [9.17, 15) is 8.42 Å². The molecule has 0 unspecified atom stereocenters. The van der Waals surface area contributed by atoms with Gasteiger partial charge in [-0.1, -0.05) is 11.3 Å². The first-order valence-electron chi connectivity index (χ1n) is 5.02. The summed E-state index contributed by atoms with van der Waals surface area (Å²) in [6.07, 6.45) is 1.66. The molecule has 9 heteroatoms. The van der Waals surface area contributed by atoms with Gasteiger partial charge in [-0.05, 0) is 13.8 Å². The molecule has 18 heavy (non-hydrogen) atoms. The van der Waals surface area contributed by atoms with E-state index < -0.39 is 10.0 Å². The van der Waals surface area contributed by atoms with Gasteiger partial charge in [0.15, 0.2) is 9.34 Å². The molecule has 0 amide bonds. The number of nitrogens with zero attached hydrogens (tertiary/aromatic N) is 2. The van der Waals surface area contributed by atoms with Crippen LogP contribution < -0.4 is 10.5 Å². The highest BCUT2D eigenvalue weighted by Crippen LogP contribution is 2.25. The number of rotatable bonds is 4. The van der Waals surface area contributed by atoms with Crippen molar-refractivity contribution in [2.45, 2.75) is 24.6 Å². The van der Waals surface area contributed by atoms with E-state index in [-0.39, 0.29) is 15.9 Å². The zero-order chi connectivity index (χ0) is 13.3. The summed E-state index contributed by atoms with van der Waals surface area (Å²) in [5.74, 6) is 0. The van der Waals surface area contributed by atoms with Gasteiger partial charge in [-0.15, -0.1) is 11.3 Å². The fraction of sp³-hybridized carbons (Fsp3) is 0.333. The van der Waals surface area contributed by atoms with Crippen LogP contribution >= 0.6 is 22.7 Å². The Bertz CT molecular complexity index is 659. The second-order valence-corrected chi connectivity index (χ2v) is 7.91. The van der Waals surface area contributed by atoms with Crippen molar-refractivity contribution in [3.8, 4) is 0 Å². The van der Waals surface area contributed by atoms with Gasteiger partial charge in [0.1, 0.15) is 0 Å². The lowest BCUT2D eigenvalue weighted by Crippen LogP contribution is -2.22. The quantitative estimate of drug-likeness (QED) is 0.886. The number of nitrogens with one attached hydrogen (secondary N) is 1. The molecule has 6 nitrogen and oxygen atoms in total. The maximum atomic E-state index is 12.0. The molecule has 0 aliphatic carbocycles. The Labute approximate surface area is 113 Å². The van der Waals surface area contributed by atoms with Crippen LogP contribution in [0.3, 0.4) is 0 Å². The Morgan fingerprint density at radius 1 is 1.39 bits per heavy atom. The third-order valence-electron chi connectivity index (χ3n) is 2.12. The van der Waals surface area contributed by atoms with Crippen LogP contribution in [-0.4, -0.2) is 18.4 Å².